The van der Waals surface area contributed by atoms with E-state index < -0.39 is 8.32 Å². The molecule has 0 N–H and O–H groups in total. The highest BCUT2D eigenvalue weighted by Gasteiger charge is 2.13. The summed E-state index contributed by atoms with van der Waals surface area (Å²) in [6, 6.07) is 0. The summed E-state index contributed by atoms with van der Waals surface area (Å²) in [6.07, 6.45) is 4.78. The van der Waals surface area contributed by atoms with Crippen LogP contribution in [-0.2, 0) is 51.9 Å². The van der Waals surface area contributed by atoms with E-state index in [0.717, 1.165) is 25.7 Å². The van der Waals surface area contributed by atoms with Crippen molar-refractivity contribution in [1.29, 1.82) is 0 Å². The van der Waals surface area contributed by atoms with E-state index in [9.17, 15) is 4.79 Å². The Morgan fingerprint density at radius 2 is 0.775 bits per heavy atom. The molecule has 240 valence electrons. The van der Waals surface area contributed by atoms with Crippen LogP contribution in [0, 0.1) is 0 Å². The molecule has 0 unspecified atom stereocenters. The zero-order valence-electron chi connectivity index (χ0n) is 25.8. The average Bonchev–Trinajstić information content (AvgIpc) is 2.92. The van der Waals surface area contributed by atoms with Crippen LogP contribution in [0.15, 0.2) is 0 Å². The van der Waals surface area contributed by atoms with Crippen LogP contribution < -0.4 is 0 Å². The number of hydrogen-bond donors (Lipinski definition) is 0. The Bertz CT molecular complexity index is 521. The van der Waals surface area contributed by atoms with Crippen LogP contribution in [0.3, 0.4) is 0 Å². The van der Waals surface area contributed by atoms with Gasteiger partial charge in [-0.1, -0.05) is 26.2 Å². The summed E-state index contributed by atoms with van der Waals surface area (Å²) in [5.41, 5.74) is 0. The van der Waals surface area contributed by atoms with Crippen molar-refractivity contribution in [2.75, 3.05) is 119 Å². The maximum Gasteiger partial charge on any atom is 0.305 e. The minimum absolute atomic E-state index is 0.149. The van der Waals surface area contributed by atoms with E-state index in [0.29, 0.717) is 119 Å². The molecular weight excluding hydrogens is 540 g/mol. The second-order valence-electron chi connectivity index (χ2n) is 9.89. The number of carbonyl (C=O) groups is 1. The SMILES string of the molecule is CCCCCCC(=O)OCCOCCOCCOCCOCCOCCOCCOCCOCCO[Si](C)(C)C. The van der Waals surface area contributed by atoms with Crippen molar-refractivity contribution in [3.63, 3.8) is 0 Å². The smallest absolute Gasteiger partial charge is 0.305 e. The predicted molar refractivity (Wildman–Crippen MR) is 156 cm³/mol. The lowest BCUT2D eigenvalue weighted by molar-refractivity contribution is -0.145. The maximum atomic E-state index is 11.5. The number of rotatable bonds is 33. The van der Waals surface area contributed by atoms with E-state index in [1.54, 1.807) is 0 Å². The number of ether oxygens (including phenoxy) is 9. The second kappa shape index (κ2) is 31.3. The van der Waals surface area contributed by atoms with Gasteiger partial charge in [-0.25, -0.2) is 0 Å². The van der Waals surface area contributed by atoms with Crippen molar-refractivity contribution >= 4 is 14.3 Å². The number of unbranched alkanes of at least 4 members (excludes halogenated alkanes) is 3. The van der Waals surface area contributed by atoms with Gasteiger partial charge in [-0.15, -0.1) is 0 Å². The fourth-order valence-electron chi connectivity index (χ4n) is 3.03. The number of hydrogen-bond acceptors (Lipinski definition) is 11. The van der Waals surface area contributed by atoms with Crippen molar-refractivity contribution in [3.8, 4) is 0 Å². The molecule has 0 aliphatic heterocycles. The highest BCUT2D eigenvalue weighted by molar-refractivity contribution is 6.69. The Morgan fingerprint density at radius 1 is 0.450 bits per heavy atom. The summed E-state index contributed by atoms with van der Waals surface area (Å²) >= 11 is 0. The standard InChI is InChI=1S/C28H58O11Si/c1-5-6-7-8-9-28(29)38-26-24-36-22-20-34-18-16-32-14-12-30-10-11-31-13-15-33-17-19-35-21-23-37-25-27-39-40(2,3)4/h5-27H2,1-4H3. The minimum Gasteiger partial charge on any atom is -0.463 e. The first kappa shape index (κ1) is 39.3. The molecule has 0 aromatic carbocycles. The second-order valence-corrected chi connectivity index (χ2v) is 14.4. The lowest BCUT2D eigenvalue weighted by Gasteiger charge is -2.16. The molecule has 0 rings (SSSR count). The normalized spacial score (nSPS) is 11.8. The molecule has 0 saturated carbocycles. The van der Waals surface area contributed by atoms with E-state index in [1.165, 1.54) is 0 Å². The summed E-state index contributed by atoms with van der Waals surface area (Å²) in [7, 11) is -1.45. The van der Waals surface area contributed by atoms with Crippen molar-refractivity contribution < 1.29 is 51.9 Å². The van der Waals surface area contributed by atoms with Crippen molar-refractivity contribution in [2.45, 2.75) is 58.7 Å². The molecule has 0 amide bonds. The zero-order valence-corrected chi connectivity index (χ0v) is 26.8. The molecule has 12 heteroatoms. The van der Waals surface area contributed by atoms with E-state index in [-0.39, 0.29) is 12.6 Å². The third kappa shape index (κ3) is 35.4. The summed E-state index contributed by atoms with van der Waals surface area (Å²) in [5.74, 6) is -0.149. The molecule has 0 aromatic rings. The monoisotopic (exact) mass is 598 g/mol. The fourth-order valence-corrected chi connectivity index (χ4v) is 3.73. The lowest BCUT2D eigenvalue weighted by Crippen LogP contribution is -2.27. The van der Waals surface area contributed by atoms with Gasteiger partial charge >= 0.3 is 5.97 Å². The maximum absolute atomic E-state index is 11.5. The molecule has 0 bridgehead atoms. The summed E-state index contributed by atoms with van der Waals surface area (Å²) < 4.78 is 54.4. The van der Waals surface area contributed by atoms with Crippen LogP contribution >= 0.6 is 0 Å². The van der Waals surface area contributed by atoms with Crippen LogP contribution in [0.1, 0.15) is 39.0 Å². The van der Waals surface area contributed by atoms with Crippen LogP contribution in [0.25, 0.3) is 0 Å². The molecule has 0 aromatic heterocycles. The lowest BCUT2D eigenvalue weighted by atomic mass is 10.2. The zero-order chi connectivity index (χ0) is 29.4. The summed E-state index contributed by atoms with van der Waals surface area (Å²) in [5, 5.41) is 0. The summed E-state index contributed by atoms with van der Waals surface area (Å²) in [6.45, 7) is 17.7. The molecular formula is C28H58O11Si. The Labute approximate surface area is 243 Å². The molecule has 40 heavy (non-hydrogen) atoms. The van der Waals surface area contributed by atoms with E-state index in [2.05, 4.69) is 26.6 Å². The van der Waals surface area contributed by atoms with Gasteiger partial charge < -0.3 is 47.1 Å². The van der Waals surface area contributed by atoms with Crippen molar-refractivity contribution in [1.82, 2.24) is 0 Å². The van der Waals surface area contributed by atoms with Crippen LogP contribution in [0.5, 0.6) is 0 Å². The first-order valence-electron chi connectivity index (χ1n) is 14.9. The average molecular weight is 599 g/mol. The quantitative estimate of drug-likeness (QED) is 0.0629. The van der Waals surface area contributed by atoms with Crippen molar-refractivity contribution in [3.05, 3.63) is 0 Å². The van der Waals surface area contributed by atoms with Gasteiger partial charge in [0.25, 0.3) is 0 Å². The van der Waals surface area contributed by atoms with Gasteiger partial charge in [-0.2, -0.15) is 0 Å². The third-order valence-electron chi connectivity index (χ3n) is 5.09. The van der Waals surface area contributed by atoms with Gasteiger partial charge in [0.2, 0.25) is 0 Å². The fraction of sp³-hybridized carbons (Fsp3) is 0.964. The molecule has 0 fully saturated rings. The molecule has 0 heterocycles. The van der Waals surface area contributed by atoms with Gasteiger partial charge in [0.1, 0.15) is 6.61 Å². The van der Waals surface area contributed by atoms with Gasteiger partial charge in [0.05, 0.1) is 112 Å². The summed E-state index contributed by atoms with van der Waals surface area (Å²) in [4.78, 5) is 11.5. The number of esters is 1. The largest absolute Gasteiger partial charge is 0.463 e. The predicted octanol–water partition coefficient (Wildman–Crippen LogP) is 3.48. The van der Waals surface area contributed by atoms with E-state index in [4.69, 9.17) is 47.1 Å². The molecule has 0 spiro atoms. The minimum atomic E-state index is -1.45. The van der Waals surface area contributed by atoms with E-state index >= 15 is 0 Å². The highest BCUT2D eigenvalue weighted by atomic mass is 28.4. The molecule has 0 aliphatic carbocycles. The third-order valence-corrected chi connectivity index (χ3v) is 6.16. The Kier molecular flexibility index (Phi) is 30.7. The Hall–Kier alpha value is -0.673. The van der Waals surface area contributed by atoms with Gasteiger partial charge in [0, 0.05) is 6.42 Å². The van der Waals surface area contributed by atoms with Crippen molar-refractivity contribution in [2.24, 2.45) is 0 Å². The first-order chi connectivity index (χ1) is 19.5. The molecule has 0 saturated heterocycles. The van der Waals surface area contributed by atoms with Crippen LogP contribution in [0.2, 0.25) is 19.6 Å². The van der Waals surface area contributed by atoms with Gasteiger partial charge in [-0.05, 0) is 26.1 Å². The number of carbonyl (C=O) groups excluding carboxylic acids is 1. The van der Waals surface area contributed by atoms with Gasteiger partial charge in [0.15, 0.2) is 8.32 Å². The first-order valence-corrected chi connectivity index (χ1v) is 18.3. The Balaban J connectivity index is 3.10. The molecule has 0 aliphatic rings. The highest BCUT2D eigenvalue weighted by Crippen LogP contribution is 2.03. The van der Waals surface area contributed by atoms with Gasteiger partial charge in [-0.3, -0.25) is 4.79 Å². The Morgan fingerprint density at radius 3 is 1.10 bits per heavy atom. The van der Waals surface area contributed by atoms with Crippen LogP contribution in [-0.4, -0.2) is 133 Å². The van der Waals surface area contributed by atoms with Crippen LogP contribution in [0.4, 0.5) is 0 Å². The van der Waals surface area contributed by atoms with E-state index in [1.807, 2.05) is 0 Å². The molecule has 0 radical (unpaired) electrons. The molecule has 11 nitrogen and oxygen atoms in total. The topological polar surface area (TPSA) is 109 Å². The molecule has 0 atom stereocenters.